The summed E-state index contributed by atoms with van der Waals surface area (Å²) in [5, 5.41) is 0. The van der Waals surface area contributed by atoms with Crippen LogP contribution in [0.2, 0.25) is 0 Å². The van der Waals surface area contributed by atoms with Crippen LogP contribution in [0.3, 0.4) is 0 Å². The van der Waals surface area contributed by atoms with Crippen molar-refractivity contribution in [1.29, 1.82) is 0 Å². The zero-order valence-corrected chi connectivity index (χ0v) is 12.2. The van der Waals surface area contributed by atoms with Crippen LogP contribution in [0.25, 0.3) is 0 Å². The van der Waals surface area contributed by atoms with Crippen LogP contribution < -0.4 is 0 Å². The van der Waals surface area contributed by atoms with Crippen LogP contribution in [0, 0.1) is 13.3 Å². The van der Waals surface area contributed by atoms with Crippen LogP contribution in [0.5, 0.6) is 0 Å². The fourth-order valence-corrected chi connectivity index (χ4v) is 2.21. The monoisotopic (exact) mass is 238 g/mol. The molecule has 0 fully saturated rings. The van der Waals surface area contributed by atoms with Crippen LogP contribution in [0.4, 0.5) is 0 Å². The highest BCUT2D eigenvalue weighted by molar-refractivity contribution is 4.64. The highest BCUT2D eigenvalue weighted by atomic mass is 14.0. The fourth-order valence-electron chi connectivity index (χ4n) is 2.21. The zero-order valence-electron chi connectivity index (χ0n) is 12.2. The van der Waals surface area contributed by atoms with Gasteiger partial charge in [-0.05, 0) is 6.42 Å². The summed E-state index contributed by atoms with van der Waals surface area (Å²) < 4.78 is 0. The van der Waals surface area contributed by atoms with Crippen molar-refractivity contribution >= 4 is 0 Å². The minimum absolute atomic E-state index is 1.11. The molecule has 0 aromatic rings. The Morgan fingerprint density at radius 3 is 1.65 bits per heavy atom. The van der Waals surface area contributed by atoms with Crippen LogP contribution >= 0.6 is 0 Å². The van der Waals surface area contributed by atoms with E-state index in [1.165, 1.54) is 83.5 Å². The van der Waals surface area contributed by atoms with Gasteiger partial charge in [-0.15, -0.1) is 0 Å². The molecular weight excluding hydrogens is 204 g/mol. The van der Waals surface area contributed by atoms with Crippen molar-refractivity contribution in [3.8, 4) is 0 Å². The summed E-state index contributed by atoms with van der Waals surface area (Å²) in [4.78, 5) is 0. The summed E-state index contributed by atoms with van der Waals surface area (Å²) >= 11 is 0. The normalized spacial score (nSPS) is 10.9. The Kier molecular flexibility index (Phi) is 16.0. The molecular formula is C17H34. The van der Waals surface area contributed by atoms with Gasteiger partial charge >= 0.3 is 0 Å². The molecule has 0 atom stereocenters. The molecule has 102 valence electrons. The van der Waals surface area contributed by atoms with Gasteiger partial charge in [-0.25, -0.2) is 0 Å². The summed E-state index contributed by atoms with van der Waals surface area (Å²) in [5.74, 6) is 0. The Bertz CT molecular complexity index is 103. The molecule has 0 unspecified atom stereocenters. The average Bonchev–Trinajstić information content (AvgIpc) is 2.35. The van der Waals surface area contributed by atoms with Crippen molar-refractivity contribution in [1.82, 2.24) is 0 Å². The average molecular weight is 238 g/mol. The zero-order chi connectivity index (χ0) is 12.6. The Morgan fingerprint density at radius 1 is 0.647 bits per heavy atom. The molecule has 0 spiro atoms. The highest BCUT2D eigenvalue weighted by Crippen LogP contribution is 2.12. The fraction of sp³-hybridized carbons (Fsp3) is 0.882. The highest BCUT2D eigenvalue weighted by Gasteiger charge is 1.93. The lowest BCUT2D eigenvalue weighted by Gasteiger charge is -2.02. The number of unbranched alkanes of at least 4 members (excludes halogenated alkanes) is 14. The third-order valence-corrected chi connectivity index (χ3v) is 3.42. The lowest BCUT2D eigenvalue weighted by atomic mass is 10.0. The maximum atomic E-state index is 3.87. The lowest BCUT2D eigenvalue weighted by molar-refractivity contribution is 0.577. The van der Waals surface area contributed by atoms with Gasteiger partial charge in [-0.2, -0.15) is 0 Å². The Hall–Kier alpha value is 0. The molecule has 0 saturated carbocycles. The van der Waals surface area contributed by atoms with Crippen molar-refractivity contribution in [2.75, 3.05) is 0 Å². The summed E-state index contributed by atoms with van der Waals surface area (Å²) in [7, 11) is 0. The van der Waals surface area contributed by atoms with Gasteiger partial charge in [-0.3, -0.25) is 0 Å². The molecule has 0 heteroatoms. The molecule has 0 aliphatic carbocycles. The molecule has 0 bridgehead atoms. The maximum absolute atomic E-state index is 3.87. The second-order valence-corrected chi connectivity index (χ2v) is 5.26. The van der Waals surface area contributed by atoms with Crippen LogP contribution in [0.1, 0.15) is 96.8 Å². The van der Waals surface area contributed by atoms with Crippen molar-refractivity contribution in [2.24, 2.45) is 0 Å². The van der Waals surface area contributed by atoms with Crippen molar-refractivity contribution in [3.05, 3.63) is 13.3 Å². The third kappa shape index (κ3) is 16.0. The third-order valence-electron chi connectivity index (χ3n) is 3.42. The maximum Gasteiger partial charge on any atom is -0.0386 e. The topological polar surface area (TPSA) is 0 Å². The Balaban J connectivity index is 2.85. The molecule has 0 heterocycles. The van der Waals surface area contributed by atoms with Gasteiger partial charge in [0.05, 0.1) is 0 Å². The molecule has 0 aromatic carbocycles. The first-order chi connectivity index (χ1) is 8.41. The summed E-state index contributed by atoms with van der Waals surface area (Å²) in [6, 6.07) is 0. The molecule has 0 N–H and O–H groups in total. The SMILES string of the molecule is [CH2]CCCCCC[CH]CCCCCCCCC. The number of rotatable bonds is 14. The number of hydrogen-bond donors (Lipinski definition) is 0. The number of hydrogen-bond acceptors (Lipinski definition) is 0. The Morgan fingerprint density at radius 2 is 1.12 bits per heavy atom. The first-order valence-electron chi connectivity index (χ1n) is 8.02. The van der Waals surface area contributed by atoms with Gasteiger partial charge in [-0.1, -0.05) is 104 Å². The van der Waals surface area contributed by atoms with Crippen molar-refractivity contribution < 1.29 is 0 Å². The van der Waals surface area contributed by atoms with Crippen molar-refractivity contribution in [3.63, 3.8) is 0 Å². The second kappa shape index (κ2) is 16.0. The van der Waals surface area contributed by atoms with E-state index in [0.717, 1.165) is 6.42 Å². The summed E-state index contributed by atoms with van der Waals surface area (Å²) in [5.41, 5.74) is 0. The standard InChI is InChI=1S/C17H34/c1-3-5-7-9-11-13-15-17-16-14-12-10-8-6-4-2/h15H,1,3-14,16-17H2,2H3. The van der Waals surface area contributed by atoms with Gasteiger partial charge in [0.2, 0.25) is 0 Å². The minimum Gasteiger partial charge on any atom is -0.0654 e. The molecule has 0 aliphatic heterocycles. The van der Waals surface area contributed by atoms with Gasteiger partial charge in [0.1, 0.15) is 0 Å². The van der Waals surface area contributed by atoms with E-state index in [-0.39, 0.29) is 0 Å². The lowest BCUT2D eigenvalue weighted by Crippen LogP contribution is -1.83. The van der Waals surface area contributed by atoms with E-state index in [0.29, 0.717) is 0 Å². The van der Waals surface area contributed by atoms with E-state index in [1.807, 2.05) is 0 Å². The van der Waals surface area contributed by atoms with E-state index in [4.69, 9.17) is 0 Å². The molecule has 0 aliphatic rings. The van der Waals surface area contributed by atoms with E-state index < -0.39 is 0 Å². The van der Waals surface area contributed by atoms with E-state index >= 15 is 0 Å². The molecule has 0 nitrogen and oxygen atoms in total. The van der Waals surface area contributed by atoms with Gasteiger partial charge in [0, 0.05) is 0 Å². The smallest absolute Gasteiger partial charge is 0.0386 e. The first-order valence-corrected chi connectivity index (χ1v) is 8.02. The molecule has 0 amide bonds. The summed E-state index contributed by atoms with van der Waals surface area (Å²) in [6.45, 7) is 6.16. The van der Waals surface area contributed by atoms with Crippen LogP contribution in [0.15, 0.2) is 0 Å². The summed E-state index contributed by atoms with van der Waals surface area (Å²) in [6.07, 6.45) is 21.8. The Labute approximate surface area is 111 Å². The minimum atomic E-state index is 1.11. The molecule has 0 aromatic heterocycles. The van der Waals surface area contributed by atoms with Crippen molar-refractivity contribution in [2.45, 2.75) is 96.8 Å². The molecule has 17 heavy (non-hydrogen) atoms. The molecule has 2 radical (unpaired) electrons. The molecule has 0 saturated heterocycles. The largest absolute Gasteiger partial charge is 0.0654 e. The van der Waals surface area contributed by atoms with E-state index in [9.17, 15) is 0 Å². The van der Waals surface area contributed by atoms with Gasteiger partial charge < -0.3 is 0 Å². The predicted octanol–water partition coefficient (Wildman–Crippen LogP) is 6.51. The van der Waals surface area contributed by atoms with Crippen LogP contribution in [-0.2, 0) is 0 Å². The van der Waals surface area contributed by atoms with Crippen LogP contribution in [-0.4, -0.2) is 0 Å². The quantitative estimate of drug-likeness (QED) is 0.303. The van der Waals surface area contributed by atoms with Gasteiger partial charge in [0.25, 0.3) is 0 Å². The van der Waals surface area contributed by atoms with E-state index in [2.05, 4.69) is 20.3 Å². The second-order valence-electron chi connectivity index (χ2n) is 5.26. The van der Waals surface area contributed by atoms with Gasteiger partial charge in [0.15, 0.2) is 0 Å². The molecule has 0 rings (SSSR count). The van der Waals surface area contributed by atoms with E-state index in [1.54, 1.807) is 0 Å². The first kappa shape index (κ1) is 17.0. The predicted molar refractivity (Wildman–Crippen MR) is 80.0 cm³/mol.